The molecule has 0 bridgehead atoms. The van der Waals surface area contributed by atoms with Crippen LogP contribution in [-0.4, -0.2) is 30.6 Å². The number of aryl methyl sites for hydroxylation is 1. The molecule has 10 heteroatoms. The molecule has 1 aliphatic heterocycles. The standard InChI is InChI=1S/C22H19N3O4S3/c1-15-9-11-16(12-10-15)23-19(26)14-18-21(27)25(17-6-3-2-4-7-17)22(31-18)24-32(28,29)20-8-5-13-30-20/h2-13,18H,14H2,1H3,(H,23,26). The molecule has 1 atom stereocenters. The molecule has 4 rings (SSSR count). The molecule has 3 aromatic rings. The van der Waals surface area contributed by atoms with Gasteiger partial charge in [-0.1, -0.05) is 53.7 Å². The minimum atomic E-state index is -3.98. The minimum Gasteiger partial charge on any atom is -0.326 e. The number of benzene rings is 2. The van der Waals surface area contributed by atoms with E-state index in [4.69, 9.17) is 0 Å². The van der Waals surface area contributed by atoms with Gasteiger partial charge < -0.3 is 5.32 Å². The Bertz CT molecular complexity index is 1260. The zero-order valence-corrected chi connectivity index (χ0v) is 19.4. The molecule has 1 N–H and O–H groups in total. The predicted octanol–water partition coefficient (Wildman–Crippen LogP) is 4.28. The number of para-hydroxylation sites is 1. The van der Waals surface area contributed by atoms with Gasteiger partial charge in [-0.15, -0.1) is 15.7 Å². The second-order valence-electron chi connectivity index (χ2n) is 7.02. The first-order chi connectivity index (χ1) is 15.3. The van der Waals surface area contributed by atoms with Crippen molar-refractivity contribution in [1.82, 2.24) is 0 Å². The van der Waals surface area contributed by atoms with E-state index in [1.807, 2.05) is 19.1 Å². The fourth-order valence-corrected chi connectivity index (χ4v) is 6.35. The minimum absolute atomic E-state index is 0.0303. The molecule has 164 valence electrons. The SMILES string of the molecule is Cc1ccc(NC(=O)CC2SC(=NS(=O)(=O)c3cccs3)N(c3ccccc3)C2=O)cc1. The number of sulfonamides is 1. The van der Waals surface area contributed by atoms with E-state index in [0.717, 1.165) is 28.7 Å². The van der Waals surface area contributed by atoms with E-state index in [9.17, 15) is 18.0 Å². The highest BCUT2D eigenvalue weighted by Gasteiger charge is 2.41. The third-order valence-electron chi connectivity index (χ3n) is 4.60. The van der Waals surface area contributed by atoms with Crippen LogP contribution in [-0.2, 0) is 19.6 Å². The molecule has 1 aromatic heterocycles. The highest BCUT2D eigenvalue weighted by molar-refractivity contribution is 8.16. The van der Waals surface area contributed by atoms with Gasteiger partial charge in [-0.05, 0) is 42.6 Å². The van der Waals surface area contributed by atoms with Crippen molar-refractivity contribution in [2.75, 3.05) is 10.2 Å². The highest BCUT2D eigenvalue weighted by Crippen LogP contribution is 2.35. The molecule has 1 fully saturated rings. The van der Waals surface area contributed by atoms with Gasteiger partial charge in [0, 0.05) is 12.1 Å². The van der Waals surface area contributed by atoms with Crippen LogP contribution in [0.3, 0.4) is 0 Å². The summed E-state index contributed by atoms with van der Waals surface area (Å²) in [5, 5.41) is 3.66. The summed E-state index contributed by atoms with van der Waals surface area (Å²) in [6.07, 6.45) is -0.112. The summed E-state index contributed by atoms with van der Waals surface area (Å²) in [7, 11) is -3.98. The van der Waals surface area contributed by atoms with Gasteiger partial charge in [-0.25, -0.2) is 0 Å². The van der Waals surface area contributed by atoms with E-state index in [0.29, 0.717) is 11.4 Å². The highest BCUT2D eigenvalue weighted by atomic mass is 32.2. The van der Waals surface area contributed by atoms with Crippen LogP contribution in [0.15, 0.2) is 80.7 Å². The Morgan fingerprint density at radius 1 is 1.06 bits per heavy atom. The number of hydrogen-bond donors (Lipinski definition) is 1. The molecule has 1 saturated heterocycles. The number of carbonyl (C=O) groups is 2. The number of carbonyl (C=O) groups excluding carboxylic acids is 2. The molecular weight excluding hydrogens is 466 g/mol. The summed E-state index contributed by atoms with van der Waals surface area (Å²) in [6, 6.07) is 19.1. The Kier molecular flexibility index (Phi) is 6.45. The molecule has 0 aliphatic carbocycles. The van der Waals surface area contributed by atoms with Gasteiger partial charge in [-0.3, -0.25) is 14.5 Å². The Hall–Kier alpha value is -2.95. The first-order valence-corrected chi connectivity index (χ1v) is 12.8. The van der Waals surface area contributed by atoms with Crippen LogP contribution < -0.4 is 10.2 Å². The normalized spacial score (nSPS) is 17.7. The average molecular weight is 486 g/mol. The summed E-state index contributed by atoms with van der Waals surface area (Å²) in [6.45, 7) is 1.95. The van der Waals surface area contributed by atoms with Crippen molar-refractivity contribution in [2.45, 2.75) is 22.8 Å². The third kappa shape index (κ3) is 4.93. The Labute approximate surface area is 194 Å². The lowest BCUT2D eigenvalue weighted by Gasteiger charge is -2.16. The molecule has 7 nitrogen and oxygen atoms in total. The van der Waals surface area contributed by atoms with Gasteiger partial charge in [0.2, 0.25) is 11.8 Å². The van der Waals surface area contributed by atoms with Crippen LogP contribution in [0.4, 0.5) is 11.4 Å². The number of nitrogens with zero attached hydrogens (tertiary/aromatic N) is 2. The lowest BCUT2D eigenvalue weighted by Crippen LogP contribution is -2.33. The summed E-state index contributed by atoms with van der Waals surface area (Å²) in [5.41, 5.74) is 2.19. The molecule has 1 aliphatic rings. The number of thiophene rings is 1. The summed E-state index contributed by atoms with van der Waals surface area (Å²) >= 11 is 2.03. The molecule has 2 amide bonds. The molecule has 2 aromatic carbocycles. The van der Waals surface area contributed by atoms with Crippen molar-refractivity contribution in [3.63, 3.8) is 0 Å². The first-order valence-electron chi connectivity index (χ1n) is 9.64. The maximum atomic E-state index is 13.2. The maximum Gasteiger partial charge on any atom is 0.294 e. The molecule has 32 heavy (non-hydrogen) atoms. The van der Waals surface area contributed by atoms with Gasteiger partial charge >= 0.3 is 0 Å². The van der Waals surface area contributed by atoms with Crippen LogP contribution in [0.5, 0.6) is 0 Å². The fraction of sp³-hybridized carbons (Fsp3) is 0.136. The third-order valence-corrected chi connectivity index (χ3v) is 8.50. The second-order valence-corrected chi connectivity index (χ2v) is 11.0. The molecule has 1 unspecified atom stereocenters. The van der Waals surface area contributed by atoms with E-state index in [1.54, 1.807) is 53.9 Å². The van der Waals surface area contributed by atoms with Gasteiger partial charge in [0.25, 0.3) is 10.0 Å². The van der Waals surface area contributed by atoms with E-state index < -0.39 is 15.3 Å². The summed E-state index contributed by atoms with van der Waals surface area (Å²) in [5.74, 6) is -0.726. The van der Waals surface area contributed by atoms with Crippen molar-refractivity contribution < 1.29 is 18.0 Å². The zero-order chi connectivity index (χ0) is 22.7. The lowest BCUT2D eigenvalue weighted by atomic mass is 10.2. The topological polar surface area (TPSA) is 95.9 Å². The zero-order valence-electron chi connectivity index (χ0n) is 17.0. The van der Waals surface area contributed by atoms with E-state index in [2.05, 4.69) is 9.71 Å². The van der Waals surface area contributed by atoms with Crippen LogP contribution in [0.2, 0.25) is 0 Å². The van der Waals surface area contributed by atoms with Crippen molar-refractivity contribution in [2.24, 2.45) is 4.40 Å². The molecule has 0 saturated carbocycles. The summed E-state index contributed by atoms with van der Waals surface area (Å²) < 4.78 is 29.5. The second kappa shape index (κ2) is 9.27. The maximum absolute atomic E-state index is 13.2. The van der Waals surface area contributed by atoms with E-state index in [-0.39, 0.29) is 27.6 Å². The van der Waals surface area contributed by atoms with Crippen molar-refractivity contribution in [1.29, 1.82) is 0 Å². The largest absolute Gasteiger partial charge is 0.326 e. The van der Waals surface area contributed by atoms with Gasteiger partial charge in [0.15, 0.2) is 5.17 Å². The fourth-order valence-electron chi connectivity index (χ4n) is 3.05. The van der Waals surface area contributed by atoms with E-state index in [1.165, 1.54) is 11.0 Å². The van der Waals surface area contributed by atoms with E-state index >= 15 is 0 Å². The predicted molar refractivity (Wildman–Crippen MR) is 129 cm³/mol. The first kappa shape index (κ1) is 22.3. The van der Waals surface area contributed by atoms with Gasteiger partial charge in [0.05, 0.1) is 5.69 Å². The van der Waals surface area contributed by atoms with Crippen molar-refractivity contribution in [3.8, 4) is 0 Å². The summed E-state index contributed by atoms with van der Waals surface area (Å²) in [4.78, 5) is 27.0. The Morgan fingerprint density at radius 2 is 1.78 bits per heavy atom. The lowest BCUT2D eigenvalue weighted by molar-refractivity contribution is -0.121. The molecule has 0 radical (unpaired) electrons. The van der Waals surface area contributed by atoms with Gasteiger partial charge in [-0.2, -0.15) is 8.42 Å². The Morgan fingerprint density at radius 3 is 2.44 bits per heavy atom. The molecular formula is C22H19N3O4S3. The number of amides is 2. The van der Waals surface area contributed by atoms with Crippen molar-refractivity contribution >= 4 is 61.5 Å². The van der Waals surface area contributed by atoms with Crippen LogP contribution in [0.1, 0.15) is 12.0 Å². The smallest absolute Gasteiger partial charge is 0.294 e. The van der Waals surface area contributed by atoms with Crippen LogP contribution >= 0.6 is 23.1 Å². The van der Waals surface area contributed by atoms with Gasteiger partial charge in [0.1, 0.15) is 9.46 Å². The van der Waals surface area contributed by atoms with Crippen molar-refractivity contribution in [3.05, 3.63) is 77.7 Å². The Balaban J connectivity index is 1.60. The number of hydrogen-bond acceptors (Lipinski definition) is 6. The molecule has 0 spiro atoms. The number of nitrogens with one attached hydrogen (secondary N) is 1. The monoisotopic (exact) mass is 485 g/mol. The van der Waals surface area contributed by atoms with Crippen LogP contribution in [0.25, 0.3) is 0 Å². The number of thioether (sulfide) groups is 1. The quantitative estimate of drug-likeness (QED) is 0.562. The van der Waals surface area contributed by atoms with Crippen LogP contribution in [0, 0.1) is 6.92 Å². The number of amidine groups is 1. The molecule has 2 heterocycles. The number of anilines is 2. The average Bonchev–Trinajstić information content (AvgIpc) is 3.40. The number of rotatable bonds is 6.